The first-order chi connectivity index (χ1) is 7.54. The predicted molar refractivity (Wildman–Crippen MR) is 52.1 cm³/mol. The largest absolute Gasteiger partial charge is 0.390 e. The van der Waals surface area contributed by atoms with Gasteiger partial charge in [-0.05, 0) is 12.1 Å². The number of alkyl halides is 3. The van der Waals surface area contributed by atoms with Crippen LogP contribution in [0.25, 0.3) is 5.65 Å². The molecule has 16 heavy (non-hydrogen) atoms. The van der Waals surface area contributed by atoms with Gasteiger partial charge < -0.3 is 5.32 Å². The lowest BCUT2D eigenvalue weighted by Gasteiger charge is -2.05. The van der Waals surface area contributed by atoms with Crippen LogP contribution in [0.3, 0.4) is 0 Å². The molecule has 0 saturated heterocycles. The van der Waals surface area contributed by atoms with Gasteiger partial charge in [0.15, 0.2) is 5.65 Å². The van der Waals surface area contributed by atoms with E-state index in [0.717, 1.165) is 0 Å². The summed E-state index contributed by atoms with van der Waals surface area (Å²) in [7, 11) is 0. The van der Waals surface area contributed by atoms with Gasteiger partial charge in [0.2, 0.25) is 5.95 Å². The van der Waals surface area contributed by atoms with Gasteiger partial charge in [-0.3, -0.25) is 0 Å². The minimum atomic E-state index is -4.16. The summed E-state index contributed by atoms with van der Waals surface area (Å²) in [5, 5.41) is 6.49. The lowest BCUT2D eigenvalue weighted by Crippen LogP contribution is -2.15. The fourth-order valence-corrected chi connectivity index (χ4v) is 1.22. The quantitative estimate of drug-likeness (QED) is 0.877. The zero-order chi connectivity index (χ0) is 11.6. The van der Waals surface area contributed by atoms with E-state index in [1.165, 1.54) is 4.52 Å². The number of halogens is 3. The molecule has 2 aromatic rings. The van der Waals surface area contributed by atoms with Gasteiger partial charge in [0, 0.05) is 12.7 Å². The van der Waals surface area contributed by atoms with Gasteiger partial charge in [0.1, 0.15) is 0 Å². The molecule has 7 heteroatoms. The number of hydrogen-bond acceptors (Lipinski definition) is 3. The maximum absolute atomic E-state index is 11.9. The Morgan fingerprint density at radius 2 is 2.12 bits per heavy atom. The maximum atomic E-state index is 11.9. The fraction of sp³-hybridized carbons (Fsp3) is 0.333. The Morgan fingerprint density at radius 1 is 1.31 bits per heavy atom. The van der Waals surface area contributed by atoms with E-state index in [1.54, 1.807) is 24.4 Å². The van der Waals surface area contributed by atoms with Gasteiger partial charge in [-0.1, -0.05) is 6.07 Å². The van der Waals surface area contributed by atoms with Gasteiger partial charge in [-0.25, -0.2) is 4.52 Å². The van der Waals surface area contributed by atoms with E-state index in [2.05, 4.69) is 15.4 Å². The first-order valence-corrected chi connectivity index (χ1v) is 4.67. The number of hydrogen-bond donors (Lipinski definition) is 1. The number of rotatable bonds is 3. The highest BCUT2D eigenvalue weighted by molar-refractivity contribution is 5.42. The van der Waals surface area contributed by atoms with Crippen LogP contribution in [0.1, 0.15) is 6.42 Å². The monoisotopic (exact) mass is 230 g/mol. The van der Waals surface area contributed by atoms with Crippen molar-refractivity contribution in [3.8, 4) is 0 Å². The second-order valence-corrected chi connectivity index (χ2v) is 3.23. The first-order valence-electron chi connectivity index (χ1n) is 4.67. The second-order valence-electron chi connectivity index (χ2n) is 3.23. The molecule has 2 aromatic heterocycles. The van der Waals surface area contributed by atoms with Crippen LogP contribution in [0, 0.1) is 0 Å². The van der Waals surface area contributed by atoms with Crippen molar-refractivity contribution in [1.82, 2.24) is 14.6 Å². The Morgan fingerprint density at radius 3 is 2.81 bits per heavy atom. The van der Waals surface area contributed by atoms with Crippen LogP contribution in [0.15, 0.2) is 24.4 Å². The molecule has 0 unspecified atom stereocenters. The number of anilines is 1. The SMILES string of the molecule is FC(F)(F)CCNc1nc2ccccn2n1. The average Bonchev–Trinajstić information content (AvgIpc) is 2.57. The molecule has 86 valence electrons. The molecule has 0 aliphatic heterocycles. The van der Waals surface area contributed by atoms with Crippen LogP contribution in [-0.2, 0) is 0 Å². The van der Waals surface area contributed by atoms with Crippen LogP contribution < -0.4 is 5.32 Å². The minimum Gasteiger partial charge on any atom is -0.353 e. The summed E-state index contributed by atoms with van der Waals surface area (Å²) in [4.78, 5) is 4.01. The standard InChI is InChI=1S/C9H9F3N4/c10-9(11,12)4-5-13-8-14-7-3-1-2-6-16(7)15-8/h1-3,6H,4-5H2,(H,13,15). The number of nitrogens with zero attached hydrogens (tertiary/aromatic N) is 3. The van der Waals surface area contributed by atoms with Crippen LogP contribution >= 0.6 is 0 Å². The summed E-state index contributed by atoms with van der Waals surface area (Å²) < 4.78 is 37.1. The van der Waals surface area contributed by atoms with Crippen molar-refractivity contribution in [3.05, 3.63) is 24.4 Å². The van der Waals surface area contributed by atoms with Gasteiger partial charge in [-0.15, -0.1) is 5.10 Å². The molecule has 0 atom stereocenters. The molecule has 0 aliphatic rings. The molecule has 0 aliphatic carbocycles. The van der Waals surface area contributed by atoms with Crippen LogP contribution in [0.5, 0.6) is 0 Å². The van der Waals surface area contributed by atoms with E-state index in [9.17, 15) is 13.2 Å². The summed E-state index contributed by atoms with van der Waals surface area (Å²) in [6.07, 6.45) is -3.38. The zero-order valence-corrected chi connectivity index (χ0v) is 8.20. The maximum Gasteiger partial charge on any atom is 0.390 e. The highest BCUT2D eigenvalue weighted by Crippen LogP contribution is 2.19. The summed E-state index contributed by atoms with van der Waals surface area (Å²) in [5.41, 5.74) is 0.594. The normalized spacial score (nSPS) is 11.9. The third-order valence-corrected chi connectivity index (χ3v) is 1.93. The number of pyridine rings is 1. The molecule has 0 amide bonds. The van der Waals surface area contributed by atoms with Crippen LogP contribution in [0.4, 0.5) is 19.1 Å². The summed E-state index contributed by atoms with van der Waals surface area (Å²) >= 11 is 0. The molecular formula is C9H9F3N4. The molecule has 0 spiro atoms. The van der Waals surface area contributed by atoms with Gasteiger partial charge >= 0.3 is 6.18 Å². The Kier molecular flexibility index (Phi) is 2.67. The average molecular weight is 230 g/mol. The molecule has 0 fully saturated rings. The van der Waals surface area contributed by atoms with Crippen LogP contribution in [0.2, 0.25) is 0 Å². The molecular weight excluding hydrogens is 221 g/mol. The minimum absolute atomic E-state index is 0.204. The van der Waals surface area contributed by atoms with E-state index in [0.29, 0.717) is 5.65 Å². The van der Waals surface area contributed by atoms with Gasteiger partial charge in [0.25, 0.3) is 0 Å². The van der Waals surface area contributed by atoms with Crippen molar-refractivity contribution in [2.24, 2.45) is 0 Å². The Labute approximate surface area is 89.1 Å². The van der Waals surface area contributed by atoms with Gasteiger partial charge in [0.05, 0.1) is 6.42 Å². The molecule has 0 radical (unpaired) electrons. The second kappa shape index (κ2) is 3.99. The lowest BCUT2D eigenvalue weighted by atomic mass is 10.4. The van der Waals surface area contributed by atoms with Crippen LogP contribution in [-0.4, -0.2) is 27.3 Å². The number of aromatic nitrogens is 3. The van der Waals surface area contributed by atoms with E-state index in [-0.39, 0.29) is 12.5 Å². The van der Waals surface area contributed by atoms with Crippen molar-refractivity contribution in [3.63, 3.8) is 0 Å². The predicted octanol–water partition coefficient (Wildman–Crippen LogP) is 2.09. The summed E-state index contributed by atoms with van der Waals surface area (Å²) in [5.74, 6) is 0.204. The lowest BCUT2D eigenvalue weighted by molar-refractivity contribution is -0.131. The van der Waals surface area contributed by atoms with Crippen molar-refractivity contribution in [2.75, 3.05) is 11.9 Å². The van der Waals surface area contributed by atoms with E-state index in [4.69, 9.17) is 0 Å². The van der Waals surface area contributed by atoms with E-state index >= 15 is 0 Å². The summed E-state index contributed by atoms with van der Waals surface area (Å²) in [6.45, 7) is -0.222. The van der Waals surface area contributed by atoms with Crippen molar-refractivity contribution in [1.29, 1.82) is 0 Å². The molecule has 4 nitrogen and oxygen atoms in total. The van der Waals surface area contributed by atoms with E-state index in [1.807, 2.05) is 0 Å². The third-order valence-electron chi connectivity index (χ3n) is 1.93. The smallest absolute Gasteiger partial charge is 0.353 e. The van der Waals surface area contributed by atoms with Crippen molar-refractivity contribution >= 4 is 11.6 Å². The van der Waals surface area contributed by atoms with E-state index < -0.39 is 12.6 Å². The Bertz CT molecular complexity index is 444. The highest BCUT2D eigenvalue weighted by atomic mass is 19.4. The summed E-state index contributed by atoms with van der Waals surface area (Å²) in [6, 6.07) is 5.27. The van der Waals surface area contributed by atoms with Crippen molar-refractivity contribution < 1.29 is 13.2 Å². The van der Waals surface area contributed by atoms with Gasteiger partial charge in [-0.2, -0.15) is 18.2 Å². The Hall–Kier alpha value is -1.79. The number of fused-ring (bicyclic) bond motifs is 1. The van der Waals surface area contributed by atoms with Crippen molar-refractivity contribution in [2.45, 2.75) is 12.6 Å². The molecule has 2 rings (SSSR count). The highest BCUT2D eigenvalue weighted by Gasteiger charge is 2.26. The zero-order valence-electron chi connectivity index (χ0n) is 8.20. The molecule has 2 heterocycles. The fourth-order valence-electron chi connectivity index (χ4n) is 1.22. The molecule has 0 bridgehead atoms. The molecule has 0 saturated carbocycles. The molecule has 0 aromatic carbocycles. The Balaban J connectivity index is 2.00. The third kappa shape index (κ3) is 2.62. The number of nitrogens with one attached hydrogen (secondary N) is 1. The first kappa shape index (κ1) is 10.7. The topological polar surface area (TPSA) is 42.2 Å². The molecule has 1 N–H and O–H groups in total.